The highest BCUT2D eigenvalue weighted by Gasteiger charge is 2.07. The molecule has 0 saturated carbocycles. The van der Waals surface area contributed by atoms with Crippen molar-refractivity contribution in [1.29, 1.82) is 0 Å². The minimum atomic E-state index is -2.60. The van der Waals surface area contributed by atoms with Crippen LogP contribution in [-0.2, 0) is 0 Å². The molecule has 0 amide bonds. The lowest BCUT2D eigenvalue weighted by Gasteiger charge is -2.07. The van der Waals surface area contributed by atoms with Gasteiger partial charge in [0, 0.05) is 6.42 Å². The van der Waals surface area contributed by atoms with E-state index in [0.29, 0.717) is 0 Å². The van der Waals surface area contributed by atoms with Gasteiger partial charge in [0.2, 0.25) is 0 Å². The number of aliphatic hydroxyl groups excluding tert-OH is 1. The zero-order chi connectivity index (χ0) is 12.7. The van der Waals surface area contributed by atoms with Gasteiger partial charge in [-0.05, 0) is 18.2 Å². The van der Waals surface area contributed by atoms with Gasteiger partial charge in [0.25, 0.3) is 6.43 Å². The lowest BCUT2D eigenvalue weighted by atomic mass is 10.2. The van der Waals surface area contributed by atoms with E-state index in [1.54, 1.807) is 0 Å². The first-order valence-corrected chi connectivity index (χ1v) is 4.93. The molecule has 2 nitrogen and oxygen atoms in total. The SMILES string of the molecule is OCCC#Cc1cc(F)ccc1OCC(F)F. The molecule has 1 aromatic rings. The van der Waals surface area contributed by atoms with Gasteiger partial charge in [-0.3, -0.25) is 0 Å². The Morgan fingerprint density at radius 3 is 2.76 bits per heavy atom. The second kappa shape index (κ2) is 6.81. The molecule has 0 saturated heterocycles. The van der Waals surface area contributed by atoms with E-state index in [2.05, 4.69) is 11.8 Å². The van der Waals surface area contributed by atoms with Crippen LogP contribution in [0.5, 0.6) is 5.75 Å². The molecule has 0 aliphatic carbocycles. The molecule has 0 fully saturated rings. The molecule has 0 heterocycles. The topological polar surface area (TPSA) is 29.5 Å². The van der Waals surface area contributed by atoms with Crippen molar-refractivity contribution in [2.75, 3.05) is 13.2 Å². The first-order chi connectivity index (χ1) is 8.13. The van der Waals surface area contributed by atoms with E-state index in [-0.39, 0.29) is 24.3 Å². The predicted molar refractivity (Wildman–Crippen MR) is 56.5 cm³/mol. The normalized spacial score (nSPS) is 9.94. The molecule has 1 N–H and O–H groups in total. The fourth-order valence-electron chi connectivity index (χ4n) is 1.09. The van der Waals surface area contributed by atoms with Crippen LogP contribution >= 0.6 is 0 Å². The molecule has 0 atom stereocenters. The van der Waals surface area contributed by atoms with Crippen LogP contribution in [0.15, 0.2) is 18.2 Å². The highest BCUT2D eigenvalue weighted by molar-refractivity contribution is 5.46. The average molecular weight is 244 g/mol. The summed E-state index contributed by atoms with van der Waals surface area (Å²) in [5, 5.41) is 8.54. The van der Waals surface area contributed by atoms with Gasteiger partial charge in [-0.25, -0.2) is 13.2 Å². The van der Waals surface area contributed by atoms with Crippen molar-refractivity contribution in [2.24, 2.45) is 0 Å². The molecule has 17 heavy (non-hydrogen) atoms. The average Bonchev–Trinajstić information content (AvgIpc) is 2.28. The van der Waals surface area contributed by atoms with Crippen LogP contribution in [0.2, 0.25) is 0 Å². The maximum atomic E-state index is 12.9. The maximum Gasteiger partial charge on any atom is 0.272 e. The van der Waals surface area contributed by atoms with Crippen LogP contribution in [-0.4, -0.2) is 24.7 Å². The summed E-state index contributed by atoms with van der Waals surface area (Å²) in [5.41, 5.74) is 0.194. The molecule has 0 aromatic heterocycles. The first kappa shape index (κ1) is 13.4. The lowest BCUT2D eigenvalue weighted by Crippen LogP contribution is -2.08. The summed E-state index contributed by atoms with van der Waals surface area (Å²) in [5.74, 6) is 4.71. The van der Waals surface area contributed by atoms with Crippen LogP contribution in [0, 0.1) is 17.7 Å². The Labute approximate surface area is 97.0 Å². The van der Waals surface area contributed by atoms with Crippen molar-refractivity contribution in [3.63, 3.8) is 0 Å². The standard InChI is InChI=1S/C12H11F3O2/c13-10-4-5-11(17-8-12(14)15)9(7-10)3-1-2-6-16/h4-5,7,12,16H,2,6,8H2. The fraction of sp³-hybridized carbons (Fsp3) is 0.333. The summed E-state index contributed by atoms with van der Waals surface area (Å²) < 4.78 is 41.7. The number of halogens is 3. The third kappa shape index (κ3) is 4.79. The minimum absolute atomic E-state index is 0.108. The monoisotopic (exact) mass is 244 g/mol. The Morgan fingerprint density at radius 1 is 1.35 bits per heavy atom. The van der Waals surface area contributed by atoms with Crippen LogP contribution in [0.25, 0.3) is 0 Å². The molecule has 0 bridgehead atoms. The zero-order valence-corrected chi connectivity index (χ0v) is 8.92. The summed E-state index contributed by atoms with van der Waals surface area (Å²) in [6, 6.07) is 3.46. The summed E-state index contributed by atoms with van der Waals surface area (Å²) >= 11 is 0. The molecule has 92 valence electrons. The molecule has 0 unspecified atom stereocenters. The summed E-state index contributed by atoms with van der Waals surface area (Å²) in [6.07, 6.45) is -2.37. The van der Waals surface area contributed by atoms with E-state index >= 15 is 0 Å². The Kier molecular flexibility index (Phi) is 5.37. The van der Waals surface area contributed by atoms with Crippen molar-refractivity contribution >= 4 is 0 Å². The minimum Gasteiger partial charge on any atom is -0.486 e. The number of alkyl halides is 2. The van der Waals surface area contributed by atoms with Crippen molar-refractivity contribution in [2.45, 2.75) is 12.8 Å². The third-order valence-corrected chi connectivity index (χ3v) is 1.77. The van der Waals surface area contributed by atoms with Gasteiger partial charge in [0.1, 0.15) is 18.2 Å². The number of hydrogen-bond donors (Lipinski definition) is 1. The van der Waals surface area contributed by atoms with Crippen molar-refractivity contribution in [3.8, 4) is 17.6 Å². The van der Waals surface area contributed by atoms with Crippen LogP contribution < -0.4 is 4.74 Å². The Balaban J connectivity index is 2.85. The van der Waals surface area contributed by atoms with Crippen molar-refractivity contribution in [1.82, 2.24) is 0 Å². The van der Waals surface area contributed by atoms with E-state index in [9.17, 15) is 13.2 Å². The highest BCUT2D eigenvalue weighted by atomic mass is 19.3. The summed E-state index contributed by atoms with van der Waals surface area (Å²) in [4.78, 5) is 0. The number of rotatable bonds is 4. The van der Waals surface area contributed by atoms with E-state index < -0.39 is 18.8 Å². The first-order valence-electron chi connectivity index (χ1n) is 4.93. The van der Waals surface area contributed by atoms with E-state index in [1.807, 2.05) is 0 Å². The smallest absolute Gasteiger partial charge is 0.272 e. The van der Waals surface area contributed by atoms with Gasteiger partial charge < -0.3 is 9.84 Å². The van der Waals surface area contributed by atoms with Gasteiger partial charge in [-0.1, -0.05) is 11.8 Å². The number of hydrogen-bond acceptors (Lipinski definition) is 2. The maximum absolute atomic E-state index is 12.9. The van der Waals surface area contributed by atoms with Crippen molar-refractivity contribution in [3.05, 3.63) is 29.6 Å². The van der Waals surface area contributed by atoms with Crippen LogP contribution in [0.4, 0.5) is 13.2 Å². The molecule has 1 aromatic carbocycles. The fourth-order valence-corrected chi connectivity index (χ4v) is 1.09. The molecular weight excluding hydrogens is 233 g/mol. The quantitative estimate of drug-likeness (QED) is 0.823. The van der Waals surface area contributed by atoms with Gasteiger partial charge in [-0.2, -0.15) is 0 Å². The summed E-state index contributed by atoms with van der Waals surface area (Å²) in [6.45, 7) is -0.879. The Hall–Kier alpha value is -1.67. The van der Waals surface area contributed by atoms with Gasteiger partial charge in [0.15, 0.2) is 0 Å². The van der Waals surface area contributed by atoms with E-state index in [0.717, 1.165) is 12.1 Å². The molecular formula is C12H11F3O2. The molecule has 5 heteroatoms. The van der Waals surface area contributed by atoms with E-state index in [4.69, 9.17) is 9.84 Å². The molecule has 0 radical (unpaired) electrons. The van der Waals surface area contributed by atoms with Gasteiger partial charge in [-0.15, -0.1) is 0 Å². The lowest BCUT2D eigenvalue weighted by molar-refractivity contribution is 0.0817. The van der Waals surface area contributed by atoms with Crippen LogP contribution in [0.1, 0.15) is 12.0 Å². The highest BCUT2D eigenvalue weighted by Crippen LogP contribution is 2.19. The molecule has 0 aliphatic heterocycles. The Morgan fingerprint density at radius 2 is 2.12 bits per heavy atom. The molecule has 1 rings (SSSR count). The summed E-state index contributed by atoms with van der Waals surface area (Å²) in [7, 11) is 0. The Bertz CT molecular complexity index is 421. The number of ether oxygens (including phenoxy) is 1. The number of aliphatic hydroxyl groups is 1. The third-order valence-electron chi connectivity index (χ3n) is 1.77. The van der Waals surface area contributed by atoms with E-state index in [1.165, 1.54) is 6.07 Å². The predicted octanol–water partition coefficient (Wildman–Crippen LogP) is 2.20. The second-order valence-electron chi connectivity index (χ2n) is 3.12. The molecule has 0 aliphatic rings. The van der Waals surface area contributed by atoms with Crippen molar-refractivity contribution < 1.29 is 23.0 Å². The van der Waals surface area contributed by atoms with Crippen LogP contribution in [0.3, 0.4) is 0 Å². The molecule has 0 spiro atoms. The van der Waals surface area contributed by atoms with Gasteiger partial charge in [0.05, 0.1) is 12.2 Å². The largest absolute Gasteiger partial charge is 0.486 e. The number of benzene rings is 1. The second-order valence-corrected chi connectivity index (χ2v) is 3.12. The van der Waals surface area contributed by atoms with Gasteiger partial charge >= 0.3 is 0 Å². The zero-order valence-electron chi connectivity index (χ0n) is 8.92.